The van der Waals surface area contributed by atoms with Crippen LogP contribution in [0.15, 0.2) is 30.0 Å². The maximum absolute atomic E-state index is 11.8. The topological polar surface area (TPSA) is 74.8 Å². The Kier molecular flexibility index (Phi) is 5.20. The van der Waals surface area contributed by atoms with Crippen molar-refractivity contribution in [1.82, 2.24) is 14.8 Å². The number of carbonyl (C=O) groups is 1. The average molecular weight is 382 g/mol. The normalized spacial score (nSPS) is 20.6. The highest BCUT2D eigenvalue weighted by atomic mass is 16.5. The molecule has 0 saturated carbocycles. The molecule has 3 aliphatic rings. The summed E-state index contributed by atoms with van der Waals surface area (Å²) in [5, 5.41) is 3.37. The second-order valence-corrected chi connectivity index (χ2v) is 7.84. The van der Waals surface area contributed by atoms with Crippen LogP contribution in [0, 0.1) is 5.41 Å². The Balaban J connectivity index is 1.37. The first-order valence-corrected chi connectivity index (χ1v) is 9.83. The molecular formula is C21H26N4O3. The lowest BCUT2D eigenvalue weighted by atomic mass is 9.76. The third kappa shape index (κ3) is 3.55. The van der Waals surface area contributed by atoms with Crippen molar-refractivity contribution in [2.45, 2.75) is 25.8 Å². The number of fused-ring (bicyclic) bond motifs is 1. The van der Waals surface area contributed by atoms with Gasteiger partial charge in [0.25, 0.3) is 0 Å². The standard InChI is InChI=1S/C21H26N4O3/c1-28-19(27)5-3-10-24-14-21(15-24)8-11-25(18(21)13-26)12-17-7-6-16-4-2-9-22-20(16)23-17/h3,5-7H,2,4,8-12,14-15H2,1H3,(H,22,23)/b5-3+. The highest BCUT2D eigenvalue weighted by Crippen LogP contribution is 2.46. The maximum atomic E-state index is 11.8. The van der Waals surface area contributed by atoms with Crippen molar-refractivity contribution in [3.63, 3.8) is 0 Å². The molecule has 4 heterocycles. The van der Waals surface area contributed by atoms with Crippen molar-refractivity contribution in [3.8, 4) is 0 Å². The van der Waals surface area contributed by atoms with Gasteiger partial charge < -0.3 is 15.0 Å². The van der Waals surface area contributed by atoms with Gasteiger partial charge in [-0.15, -0.1) is 0 Å². The molecule has 0 amide bonds. The molecule has 148 valence electrons. The average Bonchev–Trinajstić information content (AvgIpc) is 3.05. The second-order valence-electron chi connectivity index (χ2n) is 7.84. The van der Waals surface area contributed by atoms with Crippen molar-refractivity contribution >= 4 is 17.7 Å². The quantitative estimate of drug-likeness (QED) is 0.469. The Morgan fingerprint density at radius 1 is 1.43 bits per heavy atom. The third-order valence-electron chi connectivity index (χ3n) is 5.95. The number of methoxy groups -OCH3 is 1. The summed E-state index contributed by atoms with van der Waals surface area (Å²) in [5.41, 5.74) is 2.92. The van der Waals surface area contributed by atoms with E-state index in [0.717, 1.165) is 62.7 Å². The number of hydrogen-bond acceptors (Lipinski definition) is 7. The number of pyridine rings is 1. The lowest BCUT2D eigenvalue weighted by Gasteiger charge is -2.47. The fourth-order valence-electron chi connectivity index (χ4n) is 4.51. The summed E-state index contributed by atoms with van der Waals surface area (Å²) in [4.78, 5) is 32.0. The summed E-state index contributed by atoms with van der Waals surface area (Å²) < 4.78 is 4.60. The molecule has 0 aliphatic carbocycles. The molecule has 2 fully saturated rings. The number of likely N-dealkylation sites (tertiary alicyclic amines) is 2. The second kappa shape index (κ2) is 7.78. The van der Waals surface area contributed by atoms with Gasteiger partial charge in [-0.1, -0.05) is 12.1 Å². The van der Waals surface area contributed by atoms with E-state index in [4.69, 9.17) is 4.98 Å². The first-order valence-electron chi connectivity index (χ1n) is 9.83. The van der Waals surface area contributed by atoms with E-state index < -0.39 is 0 Å². The number of carbonyl (C=O) groups excluding carboxylic acids is 2. The Morgan fingerprint density at radius 3 is 3.07 bits per heavy atom. The van der Waals surface area contributed by atoms with Crippen LogP contribution in [0.25, 0.3) is 0 Å². The molecule has 2 saturated heterocycles. The minimum Gasteiger partial charge on any atom is -0.466 e. The molecule has 0 atom stereocenters. The van der Waals surface area contributed by atoms with Crippen LogP contribution in [0.4, 0.5) is 5.82 Å². The van der Waals surface area contributed by atoms with Gasteiger partial charge in [-0.05, 0) is 30.9 Å². The zero-order valence-electron chi connectivity index (χ0n) is 16.2. The zero-order chi connectivity index (χ0) is 19.6. The number of hydrogen-bond donors (Lipinski definition) is 1. The molecule has 1 aromatic rings. The van der Waals surface area contributed by atoms with Crippen LogP contribution in [0.5, 0.6) is 0 Å². The molecule has 28 heavy (non-hydrogen) atoms. The van der Waals surface area contributed by atoms with Crippen LogP contribution in [-0.2, 0) is 27.3 Å². The van der Waals surface area contributed by atoms with Crippen LogP contribution in [0.3, 0.4) is 0 Å². The van der Waals surface area contributed by atoms with Gasteiger partial charge in [0.05, 0.1) is 19.3 Å². The monoisotopic (exact) mass is 382 g/mol. The van der Waals surface area contributed by atoms with Crippen molar-refractivity contribution in [2.24, 2.45) is 5.41 Å². The number of nitrogens with zero attached hydrogens (tertiary/aromatic N) is 3. The highest BCUT2D eigenvalue weighted by molar-refractivity contribution is 5.81. The molecule has 1 N–H and O–H groups in total. The molecule has 4 rings (SSSR count). The molecule has 7 heteroatoms. The van der Waals surface area contributed by atoms with Crippen LogP contribution in [0.1, 0.15) is 24.1 Å². The van der Waals surface area contributed by atoms with Gasteiger partial charge >= 0.3 is 5.97 Å². The van der Waals surface area contributed by atoms with E-state index in [9.17, 15) is 9.59 Å². The summed E-state index contributed by atoms with van der Waals surface area (Å²) in [5.74, 6) is 2.87. The van der Waals surface area contributed by atoms with Gasteiger partial charge in [-0.3, -0.25) is 4.90 Å². The van der Waals surface area contributed by atoms with Crippen molar-refractivity contribution < 1.29 is 14.3 Å². The minimum absolute atomic E-state index is 0.104. The highest BCUT2D eigenvalue weighted by Gasteiger charge is 2.51. The molecule has 7 nitrogen and oxygen atoms in total. The summed E-state index contributed by atoms with van der Waals surface area (Å²) in [7, 11) is 1.37. The minimum atomic E-state index is -0.345. The summed E-state index contributed by atoms with van der Waals surface area (Å²) in [6, 6.07) is 4.22. The SMILES string of the molecule is COC(=O)/C=C/CN1CC2(CCN(Cc3ccc4c(n3)NCCC4)C2=C=O)C1. The lowest BCUT2D eigenvalue weighted by Crippen LogP contribution is -2.56. The molecular weight excluding hydrogens is 356 g/mol. The predicted molar refractivity (Wildman–Crippen MR) is 105 cm³/mol. The molecule has 0 bridgehead atoms. The van der Waals surface area contributed by atoms with E-state index in [0.29, 0.717) is 13.1 Å². The number of rotatable bonds is 5. The number of aromatic nitrogens is 1. The van der Waals surface area contributed by atoms with E-state index in [1.807, 2.05) is 0 Å². The number of anilines is 1. The first-order chi connectivity index (χ1) is 13.6. The summed E-state index contributed by atoms with van der Waals surface area (Å²) in [6.45, 7) is 4.78. The number of esters is 1. The number of ether oxygens (including phenoxy) is 1. The van der Waals surface area contributed by atoms with Gasteiger partial charge in [0.1, 0.15) is 17.5 Å². The van der Waals surface area contributed by atoms with E-state index in [1.54, 1.807) is 6.08 Å². The van der Waals surface area contributed by atoms with Crippen LogP contribution < -0.4 is 5.32 Å². The van der Waals surface area contributed by atoms with Crippen molar-refractivity contribution in [2.75, 3.05) is 45.2 Å². The summed E-state index contributed by atoms with van der Waals surface area (Å²) >= 11 is 0. The molecule has 0 radical (unpaired) electrons. The zero-order valence-corrected chi connectivity index (χ0v) is 16.2. The Morgan fingerprint density at radius 2 is 2.29 bits per heavy atom. The van der Waals surface area contributed by atoms with Gasteiger partial charge in [0, 0.05) is 44.2 Å². The van der Waals surface area contributed by atoms with Gasteiger partial charge in [0.2, 0.25) is 0 Å². The number of nitrogens with one attached hydrogen (secondary N) is 1. The van der Waals surface area contributed by atoms with Crippen molar-refractivity contribution in [3.05, 3.63) is 41.2 Å². The lowest BCUT2D eigenvalue weighted by molar-refractivity contribution is -0.134. The first kappa shape index (κ1) is 18.7. The Labute approximate surface area is 165 Å². The molecule has 0 unspecified atom stereocenters. The molecule has 1 spiro atoms. The van der Waals surface area contributed by atoms with E-state index in [-0.39, 0.29) is 11.4 Å². The van der Waals surface area contributed by atoms with Gasteiger partial charge in [-0.25, -0.2) is 14.6 Å². The third-order valence-corrected chi connectivity index (χ3v) is 5.95. The van der Waals surface area contributed by atoms with Crippen LogP contribution in [0.2, 0.25) is 0 Å². The van der Waals surface area contributed by atoms with Crippen LogP contribution >= 0.6 is 0 Å². The van der Waals surface area contributed by atoms with Gasteiger partial charge in [-0.2, -0.15) is 0 Å². The smallest absolute Gasteiger partial charge is 0.330 e. The summed E-state index contributed by atoms with van der Waals surface area (Å²) in [6.07, 6.45) is 6.42. The molecule has 0 aromatic carbocycles. The van der Waals surface area contributed by atoms with Crippen molar-refractivity contribution in [1.29, 1.82) is 0 Å². The maximum Gasteiger partial charge on any atom is 0.330 e. The fourth-order valence-corrected chi connectivity index (χ4v) is 4.51. The van der Waals surface area contributed by atoms with Crippen LogP contribution in [-0.4, -0.2) is 66.5 Å². The Bertz CT molecular complexity index is 838. The largest absolute Gasteiger partial charge is 0.466 e. The van der Waals surface area contributed by atoms with E-state index >= 15 is 0 Å². The predicted octanol–water partition coefficient (Wildman–Crippen LogP) is 1.39. The number of aryl methyl sites for hydroxylation is 1. The fraction of sp³-hybridized carbons (Fsp3) is 0.524. The van der Waals surface area contributed by atoms with Gasteiger partial charge in [0.15, 0.2) is 0 Å². The van der Waals surface area contributed by atoms with E-state index in [1.165, 1.54) is 18.7 Å². The van der Waals surface area contributed by atoms with E-state index in [2.05, 4.69) is 37.9 Å². The molecule has 3 aliphatic heterocycles. The Hall–Kier alpha value is -2.63. The molecule has 1 aromatic heterocycles.